The van der Waals surface area contributed by atoms with E-state index in [1.165, 1.54) is 0 Å². The Morgan fingerprint density at radius 1 is 1.12 bits per heavy atom. The van der Waals surface area contributed by atoms with Gasteiger partial charge in [-0.1, -0.05) is 13.8 Å². The molecule has 0 rings (SSSR count). The summed E-state index contributed by atoms with van der Waals surface area (Å²) in [6.07, 6.45) is -0.163. The Labute approximate surface area is 104 Å². The first kappa shape index (κ1) is 17.0. The normalized spacial score (nSPS) is 14.2. The second kappa shape index (κ2) is 5.78. The molecule has 0 aliphatic carbocycles. The van der Waals surface area contributed by atoms with Gasteiger partial charge in [0.2, 0.25) is 8.32 Å². The highest BCUT2D eigenvalue weighted by Gasteiger charge is 2.33. The minimum atomic E-state index is -4.12. The number of hydrogen-bond donors (Lipinski definition) is 1. The summed E-state index contributed by atoms with van der Waals surface area (Å²) in [5.74, 6) is -0.963. The fraction of sp³-hybridized carbons (Fsp3) is 1.00. The van der Waals surface area contributed by atoms with Crippen LogP contribution in [0.4, 0.5) is 0 Å². The lowest BCUT2D eigenvalue weighted by Gasteiger charge is -2.25. The summed E-state index contributed by atoms with van der Waals surface area (Å²) >= 11 is 0. The van der Waals surface area contributed by atoms with Gasteiger partial charge < -0.3 is 3.87 Å². The van der Waals surface area contributed by atoms with Gasteiger partial charge in [0.25, 0.3) is 20.2 Å². The van der Waals surface area contributed by atoms with Gasteiger partial charge >= 0.3 is 0 Å². The number of rotatable bonds is 7. The summed E-state index contributed by atoms with van der Waals surface area (Å²) in [6, 6.07) is 0. The second-order valence-corrected chi connectivity index (χ2v) is 12.9. The summed E-state index contributed by atoms with van der Waals surface area (Å²) in [7, 11) is -10.1. The molecule has 0 saturated heterocycles. The van der Waals surface area contributed by atoms with E-state index < -0.39 is 40.1 Å². The molecule has 0 saturated carbocycles. The molecule has 0 bridgehead atoms. The van der Waals surface area contributed by atoms with E-state index >= 15 is 0 Å². The van der Waals surface area contributed by atoms with Crippen molar-refractivity contribution in [2.24, 2.45) is 0 Å². The van der Waals surface area contributed by atoms with E-state index in [4.69, 9.17) is 8.42 Å². The monoisotopic (exact) mass is 304 g/mol. The zero-order valence-electron chi connectivity index (χ0n) is 10.5. The van der Waals surface area contributed by atoms with Crippen molar-refractivity contribution in [3.8, 4) is 0 Å². The third-order valence-corrected chi connectivity index (χ3v) is 9.64. The highest BCUT2D eigenvalue weighted by atomic mass is 32.2. The van der Waals surface area contributed by atoms with Gasteiger partial charge in [-0.3, -0.25) is 4.55 Å². The first-order valence-corrected chi connectivity index (χ1v) is 11.4. The molecule has 0 aromatic rings. The summed E-state index contributed by atoms with van der Waals surface area (Å²) in [6.45, 7) is 7.36. The highest BCUT2D eigenvalue weighted by molar-refractivity contribution is 7.88. The van der Waals surface area contributed by atoms with Crippen LogP contribution in [0, 0.1) is 0 Å². The van der Waals surface area contributed by atoms with Crippen molar-refractivity contribution >= 4 is 28.6 Å². The van der Waals surface area contributed by atoms with E-state index in [9.17, 15) is 16.8 Å². The molecular weight excluding hydrogens is 284 g/mol. The molecule has 0 atom stereocenters. The van der Waals surface area contributed by atoms with Crippen molar-refractivity contribution in [3.05, 3.63) is 0 Å². The average Bonchev–Trinajstić information content (AvgIpc) is 1.97. The third-order valence-electron chi connectivity index (χ3n) is 2.53. The highest BCUT2D eigenvalue weighted by Crippen LogP contribution is 2.23. The van der Waals surface area contributed by atoms with Crippen LogP contribution < -0.4 is 0 Å². The van der Waals surface area contributed by atoms with Crippen LogP contribution in [0.15, 0.2) is 0 Å². The fourth-order valence-corrected chi connectivity index (χ4v) is 5.79. The standard InChI is InChI=1S/C8H20O6S2Si/c1-8(2)17(3,4)14-16(12,13)7-5-6-15(9,10)11/h8H,5-7H2,1-4H3,(H,9,10,11). The average molecular weight is 304 g/mol. The van der Waals surface area contributed by atoms with Crippen LogP contribution in [0.3, 0.4) is 0 Å². The Hall–Kier alpha value is 0.0369. The van der Waals surface area contributed by atoms with E-state index in [2.05, 4.69) is 0 Å². The van der Waals surface area contributed by atoms with Gasteiger partial charge in [-0.15, -0.1) is 0 Å². The van der Waals surface area contributed by atoms with Crippen LogP contribution in [0.1, 0.15) is 20.3 Å². The van der Waals surface area contributed by atoms with Crippen molar-refractivity contribution < 1.29 is 25.3 Å². The second-order valence-electron chi connectivity index (χ2n) is 4.74. The van der Waals surface area contributed by atoms with E-state index in [1.807, 2.05) is 13.8 Å². The van der Waals surface area contributed by atoms with E-state index in [0.717, 1.165) is 0 Å². The molecule has 0 aliphatic heterocycles. The summed E-state index contributed by atoms with van der Waals surface area (Å²) in [5, 5.41) is 0. The molecule has 0 spiro atoms. The molecular formula is C8H20O6S2Si. The van der Waals surface area contributed by atoms with Crippen LogP contribution >= 0.6 is 0 Å². The predicted octanol–water partition coefficient (Wildman–Crippen LogP) is 1.23. The molecule has 0 aromatic carbocycles. The zero-order chi connectivity index (χ0) is 13.9. The molecule has 0 aliphatic rings. The van der Waals surface area contributed by atoms with Crippen molar-refractivity contribution in [1.29, 1.82) is 0 Å². The maximum atomic E-state index is 11.6. The Balaban J connectivity index is 4.42. The SMILES string of the molecule is CC(C)[Si](C)(C)OS(=O)(=O)CCCS(=O)(=O)O. The van der Waals surface area contributed by atoms with Crippen LogP contribution in [-0.2, 0) is 24.1 Å². The number of hydrogen-bond acceptors (Lipinski definition) is 5. The molecule has 0 fully saturated rings. The smallest absolute Gasteiger partial charge is 0.264 e. The molecule has 9 heteroatoms. The van der Waals surface area contributed by atoms with Gasteiger partial charge in [0, 0.05) is 0 Å². The maximum absolute atomic E-state index is 11.6. The summed E-state index contributed by atoms with van der Waals surface area (Å²) in [5.41, 5.74) is 0.138. The van der Waals surface area contributed by atoms with Crippen molar-refractivity contribution in [2.45, 2.75) is 38.9 Å². The Bertz CT molecular complexity index is 437. The maximum Gasteiger partial charge on any atom is 0.264 e. The third kappa shape index (κ3) is 7.87. The van der Waals surface area contributed by atoms with Gasteiger partial charge in [0.15, 0.2) is 0 Å². The lowest BCUT2D eigenvalue weighted by molar-refractivity contribution is 0.472. The lowest BCUT2D eigenvalue weighted by Crippen LogP contribution is -2.37. The molecule has 0 radical (unpaired) electrons. The van der Waals surface area contributed by atoms with Crippen LogP contribution in [0.2, 0.25) is 18.6 Å². The molecule has 6 nitrogen and oxygen atoms in total. The van der Waals surface area contributed by atoms with Crippen molar-refractivity contribution in [1.82, 2.24) is 0 Å². The minimum Gasteiger partial charge on any atom is -0.315 e. The minimum absolute atomic E-state index is 0.138. The first-order valence-electron chi connectivity index (χ1n) is 5.24. The van der Waals surface area contributed by atoms with Crippen molar-refractivity contribution in [3.63, 3.8) is 0 Å². The molecule has 0 amide bonds. The summed E-state index contributed by atoms with van der Waals surface area (Å²) in [4.78, 5) is 0. The predicted molar refractivity (Wildman–Crippen MR) is 68.5 cm³/mol. The zero-order valence-corrected chi connectivity index (χ0v) is 13.1. The Morgan fingerprint density at radius 3 is 1.94 bits per heavy atom. The van der Waals surface area contributed by atoms with Crippen LogP contribution in [0.25, 0.3) is 0 Å². The molecule has 104 valence electrons. The van der Waals surface area contributed by atoms with Gasteiger partial charge in [0.1, 0.15) is 0 Å². The topological polar surface area (TPSA) is 97.7 Å². The molecule has 17 heavy (non-hydrogen) atoms. The van der Waals surface area contributed by atoms with Gasteiger partial charge in [-0.05, 0) is 25.1 Å². The van der Waals surface area contributed by atoms with Crippen LogP contribution in [-0.4, -0.2) is 41.2 Å². The van der Waals surface area contributed by atoms with E-state index in [-0.39, 0.29) is 12.0 Å². The van der Waals surface area contributed by atoms with Gasteiger partial charge in [0.05, 0.1) is 11.5 Å². The van der Waals surface area contributed by atoms with Crippen LogP contribution in [0.5, 0.6) is 0 Å². The molecule has 0 aromatic heterocycles. The molecule has 0 unspecified atom stereocenters. The van der Waals surface area contributed by atoms with Crippen molar-refractivity contribution in [2.75, 3.05) is 11.5 Å². The van der Waals surface area contributed by atoms with Gasteiger partial charge in [-0.25, -0.2) is 8.42 Å². The van der Waals surface area contributed by atoms with E-state index in [1.54, 1.807) is 13.1 Å². The quantitative estimate of drug-likeness (QED) is 0.561. The molecule has 1 N–H and O–H groups in total. The largest absolute Gasteiger partial charge is 0.315 e. The van der Waals surface area contributed by atoms with E-state index in [0.29, 0.717) is 0 Å². The Morgan fingerprint density at radius 2 is 1.59 bits per heavy atom. The molecule has 0 heterocycles. The summed E-state index contributed by atoms with van der Waals surface area (Å²) < 4.78 is 57.6. The Kier molecular flexibility index (Phi) is 5.80. The fourth-order valence-electron chi connectivity index (χ4n) is 0.883. The first-order chi connectivity index (χ1) is 7.36. The van der Waals surface area contributed by atoms with Gasteiger partial charge in [-0.2, -0.15) is 8.42 Å². The lowest BCUT2D eigenvalue weighted by atomic mass is 10.6.